The van der Waals surface area contributed by atoms with Crippen molar-refractivity contribution >= 4 is 22.6 Å². The summed E-state index contributed by atoms with van der Waals surface area (Å²) >= 11 is 0. The minimum atomic E-state index is -0.650. The lowest BCUT2D eigenvalue weighted by molar-refractivity contribution is 0.103. The Labute approximate surface area is 176 Å². The van der Waals surface area contributed by atoms with Crippen LogP contribution in [0.5, 0.6) is 0 Å². The molecule has 0 radical (unpaired) electrons. The van der Waals surface area contributed by atoms with Crippen molar-refractivity contribution in [2.75, 3.05) is 5.73 Å². The van der Waals surface area contributed by atoms with Crippen LogP contribution < -0.4 is 5.73 Å². The fraction of sp³-hybridized carbons (Fsp3) is 0.217. The molecule has 6 nitrogen and oxygen atoms in total. The van der Waals surface area contributed by atoms with Gasteiger partial charge in [0.05, 0.1) is 17.0 Å². The SMILES string of the molecule is Nc1ncnc2c1c(-c1ccc(C(=O)c3ccccc3F)cc1F)nn2C1CCCC1. The second-order valence-electron chi connectivity index (χ2n) is 7.69. The van der Waals surface area contributed by atoms with Crippen LogP contribution in [0.3, 0.4) is 0 Å². The topological polar surface area (TPSA) is 86.7 Å². The molecule has 4 aromatic rings. The van der Waals surface area contributed by atoms with Crippen molar-refractivity contribution < 1.29 is 13.6 Å². The second-order valence-corrected chi connectivity index (χ2v) is 7.69. The van der Waals surface area contributed by atoms with Crippen LogP contribution in [0.15, 0.2) is 48.8 Å². The predicted molar refractivity (Wildman–Crippen MR) is 112 cm³/mol. The number of hydrogen-bond acceptors (Lipinski definition) is 5. The van der Waals surface area contributed by atoms with Crippen LogP contribution in [0.25, 0.3) is 22.3 Å². The fourth-order valence-corrected chi connectivity index (χ4v) is 4.24. The first-order valence-corrected chi connectivity index (χ1v) is 10.1. The van der Waals surface area contributed by atoms with E-state index in [0.29, 0.717) is 16.7 Å². The highest BCUT2D eigenvalue weighted by Crippen LogP contribution is 2.37. The Hall–Kier alpha value is -3.68. The Kier molecular flexibility index (Phi) is 4.69. The van der Waals surface area contributed by atoms with Crippen molar-refractivity contribution in [3.8, 4) is 11.3 Å². The zero-order chi connectivity index (χ0) is 21.5. The number of benzene rings is 2. The maximum Gasteiger partial charge on any atom is 0.196 e. The van der Waals surface area contributed by atoms with Crippen LogP contribution >= 0.6 is 0 Å². The van der Waals surface area contributed by atoms with E-state index < -0.39 is 17.4 Å². The number of nitrogens with two attached hydrogens (primary N) is 1. The van der Waals surface area contributed by atoms with Gasteiger partial charge < -0.3 is 5.73 Å². The number of fused-ring (bicyclic) bond motifs is 1. The highest BCUT2D eigenvalue weighted by Gasteiger charge is 2.26. The molecule has 1 aliphatic rings. The van der Waals surface area contributed by atoms with Gasteiger partial charge in [0.2, 0.25) is 0 Å². The van der Waals surface area contributed by atoms with Gasteiger partial charge in [0, 0.05) is 11.1 Å². The number of rotatable bonds is 4. The Morgan fingerprint density at radius 2 is 1.81 bits per heavy atom. The molecule has 8 heteroatoms. The molecule has 1 fully saturated rings. The summed E-state index contributed by atoms with van der Waals surface area (Å²) in [5, 5.41) is 5.15. The van der Waals surface area contributed by atoms with Gasteiger partial charge in [0.25, 0.3) is 0 Å². The van der Waals surface area contributed by atoms with Crippen LogP contribution in [0.1, 0.15) is 47.6 Å². The van der Waals surface area contributed by atoms with Gasteiger partial charge in [-0.15, -0.1) is 0 Å². The van der Waals surface area contributed by atoms with E-state index in [2.05, 4.69) is 15.1 Å². The maximum absolute atomic E-state index is 15.2. The number of carbonyl (C=O) groups excluding carboxylic acids is 1. The lowest BCUT2D eigenvalue weighted by atomic mass is 10.00. The lowest BCUT2D eigenvalue weighted by Crippen LogP contribution is -2.07. The Balaban J connectivity index is 1.61. The van der Waals surface area contributed by atoms with E-state index in [-0.39, 0.29) is 28.6 Å². The maximum atomic E-state index is 15.2. The fourth-order valence-electron chi connectivity index (χ4n) is 4.24. The Morgan fingerprint density at radius 1 is 1.03 bits per heavy atom. The first-order valence-electron chi connectivity index (χ1n) is 10.1. The number of nitrogens with zero attached hydrogens (tertiary/aromatic N) is 4. The summed E-state index contributed by atoms with van der Waals surface area (Å²) in [6.45, 7) is 0. The van der Waals surface area contributed by atoms with E-state index >= 15 is 4.39 Å². The molecule has 31 heavy (non-hydrogen) atoms. The van der Waals surface area contributed by atoms with Crippen LogP contribution in [0, 0.1) is 11.6 Å². The van der Waals surface area contributed by atoms with Crippen molar-refractivity contribution in [2.45, 2.75) is 31.7 Å². The zero-order valence-corrected chi connectivity index (χ0v) is 16.6. The normalized spacial score (nSPS) is 14.4. The molecule has 2 N–H and O–H groups in total. The van der Waals surface area contributed by atoms with Crippen molar-refractivity contribution in [3.05, 3.63) is 71.6 Å². The smallest absolute Gasteiger partial charge is 0.196 e. The summed E-state index contributed by atoms with van der Waals surface area (Å²) in [4.78, 5) is 21.0. The minimum absolute atomic E-state index is 0.0510. The molecule has 0 saturated heterocycles. The summed E-state index contributed by atoms with van der Waals surface area (Å²) < 4.78 is 31.0. The van der Waals surface area contributed by atoms with Crippen LogP contribution in [0.2, 0.25) is 0 Å². The second kappa shape index (κ2) is 7.54. The third-order valence-corrected chi connectivity index (χ3v) is 5.79. The van der Waals surface area contributed by atoms with E-state index in [9.17, 15) is 9.18 Å². The van der Waals surface area contributed by atoms with Gasteiger partial charge in [-0.3, -0.25) is 4.79 Å². The molecule has 1 aliphatic carbocycles. The van der Waals surface area contributed by atoms with Crippen molar-refractivity contribution in [3.63, 3.8) is 0 Å². The summed E-state index contributed by atoms with van der Waals surface area (Å²) in [6, 6.07) is 9.84. The Bertz CT molecular complexity index is 1310. The third kappa shape index (κ3) is 3.24. The first kappa shape index (κ1) is 19.3. The summed E-state index contributed by atoms with van der Waals surface area (Å²) in [5.74, 6) is -1.67. The van der Waals surface area contributed by atoms with Gasteiger partial charge >= 0.3 is 0 Å². The van der Waals surface area contributed by atoms with Gasteiger partial charge in [0.15, 0.2) is 11.4 Å². The van der Waals surface area contributed by atoms with Gasteiger partial charge in [-0.2, -0.15) is 5.10 Å². The highest BCUT2D eigenvalue weighted by molar-refractivity contribution is 6.09. The number of aromatic nitrogens is 4. The molecule has 2 aromatic heterocycles. The first-order chi connectivity index (χ1) is 15.0. The van der Waals surface area contributed by atoms with Gasteiger partial charge in [-0.25, -0.2) is 23.4 Å². The van der Waals surface area contributed by atoms with Crippen LogP contribution in [0.4, 0.5) is 14.6 Å². The molecule has 0 spiro atoms. The molecular weight excluding hydrogens is 400 g/mol. The number of halogens is 2. The number of anilines is 1. The standard InChI is InChI=1S/C23H19F2N5O/c24-17-8-4-3-7-16(17)21(31)13-9-10-15(18(25)11-13)20-19-22(26)27-12-28-23(19)30(29-20)14-5-1-2-6-14/h3-4,7-12,14H,1-2,5-6H2,(H2,26,27,28). The van der Waals surface area contributed by atoms with E-state index in [1.54, 1.807) is 6.07 Å². The molecule has 5 rings (SSSR count). The molecule has 2 heterocycles. The van der Waals surface area contributed by atoms with Crippen molar-refractivity contribution in [2.24, 2.45) is 0 Å². The molecule has 0 bridgehead atoms. The number of nitrogen functional groups attached to an aromatic ring is 1. The van der Waals surface area contributed by atoms with E-state index in [1.165, 1.54) is 36.7 Å². The van der Waals surface area contributed by atoms with Crippen LogP contribution in [-0.2, 0) is 0 Å². The molecule has 2 aromatic carbocycles. The van der Waals surface area contributed by atoms with Gasteiger partial charge in [0.1, 0.15) is 29.5 Å². The third-order valence-electron chi connectivity index (χ3n) is 5.79. The molecule has 0 amide bonds. The van der Waals surface area contributed by atoms with Crippen molar-refractivity contribution in [1.29, 1.82) is 0 Å². The highest BCUT2D eigenvalue weighted by atomic mass is 19.1. The number of carbonyl (C=O) groups is 1. The van der Waals surface area contributed by atoms with E-state index in [0.717, 1.165) is 31.7 Å². The zero-order valence-electron chi connectivity index (χ0n) is 16.6. The predicted octanol–water partition coefficient (Wildman–Crippen LogP) is 4.70. The van der Waals surface area contributed by atoms with Gasteiger partial charge in [-0.1, -0.05) is 31.0 Å². The summed E-state index contributed by atoms with van der Waals surface area (Å²) in [6.07, 6.45) is 5.52. The van der Waals surface area contributed by atoms with Gasteiger partial charge in [-0.05, 0) is 37.1 Å². The quantitative estimate of drug-likeness (QED) is 0.485. The van der Waals surface area contributed by atoms with Crippen molar-refractivity contribution in [1.82, 2.24) is 19.7 Å². The minimum Gasteiger partial charge on any atom is -0.383 e. The number of hydrogen-bond donors (Lipinski definition) is 1. The largest absolute Gasteiger partial charge is 0.383 e. The molecule has 1 saturated carbocycles. The number of ketones is 1. The molecule has 156 valence electrons. The van der Waals surface area contributed by atoms with E-state index in [4.69, 9.17) is 5.73 Å². The monoisotopic (exact) mass is 419 g/mol. The lowest BCUT2D eigenvalue weighted by Gasteiger charge is -2.10. The summed E-state index contributed by atoms with van der Waals surface area (Å²) in [5.41, 5.74) is 7.14. The molecule has 0 atom stereocenters. The van der Waals surface area contributed by atoms with Crippen LogP contribution in [-0.4, -0.2) is 25.5 Å². The molecule has 0 aliphatic heterocycles. The van der Waals surface area contributed by atoms with E-state index in [1.807, 2.05) is 4.68 Å². The average Bonchev–Trinajstić information content (AvgIpc) is 3.42. The molecular formula is C23H19F2N5O. The average molecular weight is 419 g/mol. The summed E-state index contributed by atoms with van der Waals surface area (Å²) in [7, 11) is 0. The molecule has 0 unspecified atom stereocenters. The Morgan fingerprint density at radius 3 is 2.55 bits per heavy atom.